The van der Waals surface area contributed by atoms with E-state index in [0.717, 1.165) is 37.5 Å². The van der Waals surface area contributed by atoms with Gasteiger partial charge in [0, 0.05) is 0 Å². The molecular weight excluding hydrogens is 358 g/mol. The molecule has 0 spiro atoms. The van der Waals surface area contributed by atoms with Gasteiger partial charge in [0.25, 0.3) is 5.56 Å². The lowest BCUT2D eigenvalue weighted by molar-refractivity contribution is -0.897. The third kappa shape index (κ3) is 5.84. The molecule has 0 fully saturated rings. The molecule has 1 aromatic carbocycles. The van der Waals surface area contributed by atoms with Crippen molar-refractivity contribution in [3.63, 3.8) is 0 Å². The minimum atomic E-state index is -0.163. The first-order valence-electron chi connectivity index (χ1n) is 9.98. The number of thioether (sulfide) groups is 1. The highest BCUT2D eigenvalue weighted by Crippen LogP contribution is 2.22. The molecule has 148 valence electrons. The predicted molar refractivity (Wildman–Crippen MR) is 112 cm³/mol. The van der Waals surface area contributed by atoms with Crippen LogP contribution in [0.2, 0.25) is 0 Å². The number of quaternary nitrogens is 1. The number of para-hydroxylation sites is 1. The molecule has 0 bridgehead atoms. The van der Waals surface area contributed by atoms with Gasteiger partial charge in [0.2, 0.25) is 5.88 Å². The molecular formula is C21H32N3O2S+. The van der Waals surface area contributed by atoms with Crippen molar-refractivity contribution in [2.75, 3.05) is 25.4 Å². The van der Waals surface area contributed by atoms with E-state index in [4.69, 9.17) is 0 Å². The van der Waals surface area contributed by atoms with Crippen LogP contribution in [0.25, 0.3) is 5.69 Å². The van der Waals surface area contributed by atoms with Crippen LogP contribution >= 0.6 is 11.8 Å². The Morgan fingerprint density at radius 1 is 1.04 bits per heavy atom. The van der Waals surface area contributed by atoms with Gasteiger partial charge in [-0.05, 0) is 31.4 Å². The normalized spacial score (nSPS) is 11.3. The first-order valence-corrected chi connectivity index (χ1v) is 11.0. The molecule has 0 aliphatic heterocycles. The predicted octanol–water partition coefficient (Wildman–Crippen LogP) is 2.69. The van der Waals surface area contributed by atoms with Gasteiger partial charge in [-0.1, -0.05) is 57.2 Å². The summed E-state index contributed by atoms with van der Waals surface area (Å²) in [5, 5.41) is 10.9. The summed E-state index contributed by atoms with van der Waals surface area (Å²) >= 11 is 1.55. The molecule has 2 aromatic rings. The number of hydrogen-bond donors (Lipinski definition) is 2. The molecule has 0 atom stereocenters. The highest BCUT2D eigenvalue weighted by atomic mass is 32.2. The summed E-state index contributed by atoms with van der Waals surface area (Å²) in [6.45, 7) is 9.76. The van der Waals surface area contributed by atoms with Crippen molar-refractivity contribution in [1.82, 2.24) is 9.55 Å². The summed E-state index contributed by atoms with van der Waals surface area (Å²) < 4.78 is 1.65. The van der Waals surface area contributed by atoms with Crippen LogP contribution in [0, 0.1) is 0 Å². The Hall–Kier alpha value is -1.79. The summed E-state index contributed by atoms with van der Waals surface area (Å²) in [6.07, 6.45) is 3.65. The Labute approximate surface area is 166 Å². The first-order chi connectivity index (χ1) is 13.1. The Morgan fingerprint density at radius 3 is 2.30 bits per heavy atom. The van der Waals surface area contributed by atoms with Crippen LogP contribution in [0.15, 0.2) is 40.3 Å². The number of aromatic nitrogens is 2. The summed E-state index contributed by atoms with van der Waals surface area (Å²) in [5.41, 5.74) is 1.03. The van der Waals surface area contributed by atoms with E-state index < -0.39 is 0 Å². The van der Waals surface area contributed by atoms with E-state index in [9.17, 15) is 9.90 Å². The van der Waals surface area contributed by atoms with Crippen LogP contribution < -0.4 is 10.5 Å². The van der Waals surface area contributed by atoms with Crippen molar-refractivity contribution in [2.24, 2.45) is 0 Å². The molecule has 2 rings (SSSR count). The maximum Gasteiger partial charge on any atom is 0.265 e. The van der Waals surface area contributed by atoms with Gasteiger partial charge in [-0.2, -0.15) is 4.98 Å². The molecule has 0 aliphatic carbocycles. The monoisotopic (exact) mass is 390 g/mol. The van der Waals surface area contributed by atoms with Crippen LogP contribution in [0.1, 0.15) is 45.6 Å². The zero-order valence-electron chi connectivity index (χ0n) is 16.7. The highest BCUT2D eigenvalue weighted by Gasteiger charge is 2.18. The highest BCUT2D eigenvalue weighted by molar-refractivity contribution is 7.99. The van der Waals surface area contributed by atoms with Crippen molar-refractivity contribution in [3.05, 3.63) is 46.2 Å². The fraction of sp³-hybridized carbons (Fsp3) is 0.524. The Kier molecular flexibility index (Phi) is 8.88. The van der Waals surface area contributed by atoms with Gasteiger partial charge in [0.05, 0.1) is 36.6 Å². The molecule has 27 heavy (non-hydrogen) atoms. The number of nitrogens with zero attached hydrogens (tertiary/aromatic N) is 2. The van der Waals surface area contributed by atoms with Gasteiger partial charge in [-0.15, -0.1) is 0 Å². The van der Waals surface area contributed by atoms with Crippen LogP contribution in [-0.2, 0) is 6.42 Å². The van der Waals surface area contributed by atoms with E-state index in [1.54, 1.807) is 21.2 Å². The maximum absolute atomic E-state index is 13.0. The molecule has 0 saturated carbocycles. The average molecular weight is 391 g/mol. The molecule has 6 heteroatoms. The molecule has 1 aromatic heterocycles. The lowest BCUT2D eigenvalue weighted by Crippen LogP contribution is -3.12. The molecule has 2 N–H and O–H groups in total. The van der Waals surface area contributed by atoms with Gasteiger partial charge in [0.1, 0.15) is 0 Å². The smallest absolute Gasteiger partial charge is 0.265 e. The SMILES string of the molecule is CCCc1c(O)nc(SCC[NH+](CCC)CCC)n(-c2ccccc2)c1=O. The van der Waals surface area contributed by atoms with Crippen LogP contribution in [0.4, 0.5) is 0 Å². The van der Waals surface area contributed by atoms with E-state index >= 15 is 0 Å². The van der Waals surface area contributed by atoms with Gasteiger partial charge in [-0.25, -0.2) is 0 Å². The molecule has 0 saturated heterocycles. The van der Waals surface area contributed by atoms with Crippen LogP contribution in [0.5, 0.6) is 5.88 Å². The summed E-state index contributed by atoms with van der Waals surface area (Å²) in [5.74, 6) is 0.740. The summed E-state index contributed by atoms with van der Waals surface area (Å²) in [7, 11) is 0. The average Bonchev–Trinajstić information content (AvgIpc) is 2.66. The lowest BCUT2D eigenvalue weighted by Gasteiger charge is -2.18. The molecule has 0 radical (unpaired) electrons. The van der Waals surface area contributed by atoms with Gasteiger partial charge in [0.15, 0.2) is 5.16 Å². The van der Waals surface area contributed by atoms with E-state index in [1.165, 1.54) is 12.8 Å². The molecule has 0 unspecified atom stereocenters. The third-order valence-corrected chi connectivity index (χ3v) is 5.47. The second-order valence-corrected chi connectivity index (χ2v) is 7.83. The van der Waals surface area contributed by atoms with Gasteiger partial charge in [-0.3, -0.25) is 9.36 Å². The van der Waals surface area contributed by atoms with Crippen LogP contribution in [0.3, 0.4) is 0 Å². The van der Waals surface area contributed by atoms with Crippen molar-refractivity contribution in [1.29, 1.82) is 0 Å². The third-order valence-electron chi connectivity index (χ3n) is 4.53. The van der Waals surface area contributed by atoms with Crippen molar-refractivity contribution < 1.29 is 10.0 Å². The topological polar surface area (TPSA) is 59.6 Å². The summed E-state index contributed by atoms with van der Waals surface area (Å²) in [6, 6.07) is 9.57. The second kappa shape index (κ2) is 11.1. The van der Waals surface area contributed by atoms with Crippen molar-refractivity contribution >= 4 is 11.8 Å². The number of aromatic hydroxyl groups is 1. The molecule has 5 nitrogen and oxygen atoms in total. The van der Waals surface area contributed by atoms with Crippen LogP contribution in [-0.4, -0.2) is 40.0 Å². The Morgan fingerprint density at radius 2 is 1.70 bits per heavy atom. The lowest BCUT2D eigenvalue weighted by atomic mass is 10.2. The Balaban J connectivity index is 2.30. The fourth-order valence-electron chi connectivity index (χ4n) is 3.26. The van der Waals surface area contributed by atoms with Crippen molar-refractivity contribution in [2.45, 2.75) is 51.6 Å². The molecule has 0 aliphatic rings. The minimum Gasteiger partial charge on any atom is -0.493 e. The fourth-order valence-corrected chi connectivity index (χ4v) is 4.31. The Bertz CT molecular complexity index is 756. The molecule has 1 heterocycles. The largest absolute Gasteiger partial charge is 0.493 e. The van der Waals surface area contributed by atoms with Gasteiger partial charge < -0.3 is 10.0 Å². The number of benzene rings is 1. The quantitative estimate of drug-likeness (QED) is 0.457. The van der Waals surface area contributed by atoms with E-state index in [2.05, 4.69) is 18.8 Å². The summed E-state index contributed by atoms with van der Waals surface area (Å²) in [4.78, 5) is 19.0. The standard InChI is InChI=1S/C21H31N3O2S/c1-4-10-18-19(25)22-21(27-16-15-23(13-5-2)14-6-3)24(20(18)26)17-11-8-7-9-12-17/h7-9,11-12,25H,4-6,10,13-16H2,1-3H3/p+1. The second-order valence-electron chi connectivity index (χ2n) is 6.77. The first kappa shape index (κ1) is 21.5. The maximum atomic E-state index is 13.0. The minimum absolute atomic E-state index is 0.122. The number of nitrogens with one attached hydrogen (secondary N) is 1. The van der Waals surface area contributed by atoms with Gasteiger partial charge >= 0.3 is 0 Å². The van der Waals surface area contributed by atoms with E-state index in [-0.39, 0.29) is 11.4 Å². The van der Waals surface area contributed by atoms with E-state index in [0.29, 0.717) is 17.1 Å². The number of hydrogen-bond acceptors (Lipinski definition) is 4. The van der Waals surface area contributed by atoms with E-state index in [1.807, 2.05) is 37.3 Å². The zero-order chi connectivity index (χ0) is 19.6. The molecule has 0 amide bonds. The number of rotatable bonds is 11. The zero-order valence-corrected chi connectivity index (χ0v) is 17.5. The van der Waals surface area contributed by atoms with Crippen molar-refractivity contribution in [3.8, 4) is 11.6 Å².